The van der Waals surface area contributed by atoms with Crippen LogP contribution in [0.25, 0.3) is 0 Å². The molecule has 0 aliphatic heterocycles. The summed E-state index contributed by atoms with van der Waals surface area (Å²) in [5.74, 6) is 1.36. The first-order valence-electron chi connectivity index (χ1n) is 4.53. The molecule has 0 aliphatic carbocycles. The SMILES string of the molecule is C#CC(C)NC(=O)NCC(C)(C)C(=O)O. The van der Waals surface area contributed by atoms with Crippen LogP contribution in [0.1, 0.15) is 20.8 Å². The summed E-state index contributed by atoms with van der Waals surface area (Å²) >= 11 is 0. The number of nitrogens with one attached hydrogen (secondary N) is 2. The first kappa shape index (κ1) is 13.3. The van der Waals surface area contributed by atoms with E-state index in [9.17, 15) is 9.59 Å². The summed E-state index contributed by atoms with van der Waals surface area (Å²) in [4.78, 5) is 21.9. The van der Waals surface area contributed by atoms with Crippen molar-refractivity contribution >= 4 is 12.0 Å². The van der Waals surface area contributed by atoms with Gasteiger partial charge in [-0.1, -0.05) is 5.92 Å². The molecular weight excluding hydrogens is 196 g/mol. The van der Waals surface area contributed by atoms with Gasteiger partial charge in [0, 0.05) is 6.54 Å². The molecule has 0 saturated carbocycles. The van der Waals surface area contributed by atoms with Crippen LogP contribution in [0, 0.1) is 17.8 Å². The molecule has 0 aromatic heterocycles. The van der Waals surface area contributed by atoms with Crippen molar-refractivity contribution in [1.82, 2.24) is 10.6 Å². The smallest absolute Gasteiger partial charge is 0.315 e. The lowest BCUT2D eigenvalue weighted by molar-refractivity contribution is -0.146. The zero-order chi connectivity index (χ0) is 12.1. The van der Waals surface area contributed by atoms with Crippen LogP contribution >= 0.6 is 0 Å². The normalized spacial score (nSPS) is 12.4. The average molecular weight is 212 g/mol. The lowest BCUT2D eigenvalue weighted by Crippen LogP contribution is -2.45. The highest BCUT2D eigenvalue weighted by Crippen LogP contribution is 2.12. The first-order valence-corrected chi connectivity index (χ1v) is 4.53. The molecule has 0 radical (unpaired) electrons. The van der Waals surface area contributed by atoms with E-state index < -0.39 is 17.4 Å². The standard InChI is InChI=1S/C10H16N2O3/c1-5-7(2)12-9(15)11-6-10(3,4)8(13)14/h1,7H,6H2,2-4H3,(H,13,14)(H2,11,12,15). The van der Waals surface area contributed by atoms with Gasteiger partial charge in [0.2, 0.25) is 0 Å². The number of amides is 2. The highest BCUT2D eigenvalue weighted by atomic mass is 16.4. The topological polar surface area (TPSA) is 78.4 Å². The van der Waals surface area contributed by atoms with E-state index in [1.807, 2.05) is 0 Å². The molecule has 84 valence electrons. The Morgan fingerprint density at radius 3 is 2.47 bits per heavy atom. The second-order valence-corrected chi connectivity index (χ2v) is 3.90. The van der Waals surface area contributed by atoms with E-state index in [2.05, 4.69) is 16.6 Å². The van der Waals surface area contributed by atoms with E-state index >= 15 is 0 Å². The first-order chi connectivity index (χ1) is 6.79. The lowest BCUT2D eigenvalue weighted by atomic mass is 9.94. The van der Waals surface area contributed by atoms with Crippen molar-refractivity contribution in [3.05, 3.63) is 0 Å². The van der Waals surface area contributed by atoms with Crippen LogP contribution in [0.2, 0.25) is 0 Å². The Bertz CT molecular complexity index is 292. The molecule has 0 aromatic carbocycles. The van der Waals surface area contributed by atoms with E-state index in [1.165, 1.54) is 13.8 Å². The molecule has 2 amide bonds. The number of hydrogen-bond acceptors (Lipinski definition) is 2. The summed E-state index contributed by atoms with van der Waals surface area (Å²) in [6.45, 7) is 4.76. The van der Waals surface area contributed by atoms with E-state index in [1.54, 1.807) is 6.92 Å². The van der Waals surface area contributed by atoms with Crippen LogP contribution in [0.4, 0.5) is 4.79 Å². The summed E-state index contributed by atoms with van der Waals surface area (Å²) in [6, 6.07) is -0.840. The number of rotatable bonds is 4. The Hall–Kier alpha value is -1.70. The molecule has 0 aromatic rings. The van der Waals surface area contributed by atoms with Crippen molar-refractivity contribution in [3.8, 4) is 12.3 Å². The van der Waals surface area contributed by atoms with Gasteiger partial charge in [-0.15, -0.1) is 6.42 Å². The number of aliphatic carboxylic acids is 1. The fourth-order valence-electron chi connectivity index (χ4n) is 0.666. The maximum atomic E-state index is 11.2. The van der Waals surface area contributed by atoms with Gasteiger partial charge in [-0.25, -0.2) is 4.79 Å². The highest BCUT2D eigenvalue weighted by Gasteiger charge is 2.27. The molecule has 3 N–H and O–H groups in total. The molecule has 15 heavy (non-hydrogen) atoms. The van der Waals surface area contributed by atoms with E-state index in [0.29, 0.717) is 0 Å². The molecule has 0 saturated heterocycles. The molecule has 5 heteroatoms. The number of carbonyl (C=O) groups excluding carboxylic acids is 1. The van der Waals surface area contributed by atoms with Crippen molar-refractivity contribution in [2.45, 2.75) is 26.8 Å². The van der Waals surface area contributed by atoms with Gasteiger partial charge < -0.3 is 15.7 Å². The number of carboxylic acids is 1. The van der Waals surface area contributed by atoms with Gasteiger partial charge in [0.1, 0.15) is 0 Å². The van der Waals surface area contributed by atoms with Crippen molar-refractivity contribution in [2.75, 3.05) is 6.54 Å². The van der Waals surface area contributed by atoms with Crippen LogP contribution in [-0.4, -0.2) is 29.7 Å². The number of carbonyl (C=O) groups is 2. The monoisotopic (exact) mass is 212 g/mol. The van der Waals surface area contributed by atoms with Gasteiger partial charge in [-0.3, -0.25) is 4.79 Å². The third-order valence-corrected chi connectivity index (χ3v) is 1.87. The van der Waals surface area contributed by atoms with Crippen molar-refractivity contribution < 1.29 is 14.7 Å². The van der Waals surface area contributed by atoms with Crippen LogP contribution in [0.15, 0.2) is 0 Å². The molecule has 5 nitrogen and oxygen atoms in total. The second kappa shape index (κ2) is 5.25. The van der Waals surface area contributed by atoms with Gasteiger partial charge in [-0.2, -0.15) is 0 Å². The largest absolute Gasteiger partial charge is 0.481 e. The predicted molar refractivity (Wildman–Crippen MR) is 56.2 cm³/mol. The minimum absolute atomic E-state index is 0.0471. The third kappa shape index (κ3) is 4.91. The molecule has 0 spiro atoms. The molecule has 1 unspecified atom stereocenters. The van der Waals surface area contributed by atoms with Gasteiger partial charge >= 0.3 is 12.0 Å². The van der Waals surface area contributed by atoms with Crippen molar-refractivity contribution in [2.24, 2.45) is 5.41 Å². The zero-order valence-corrected chi connectivity index (χ0v) is 9.13. The number of urea groups is 1. The molecule has 0 bridgehead atoms. The van der Waals surface area contributed by atoms with E-state index in [0.717, 1.165) is 0 Å². The van der Waals surface area contributed by atoms with Crippen molar-refractivity contribution in [1.29, 1.82) is 0 Å². The summed E-state index contributed by atoms with van der Waals surface area (Å²) in [7, 11) is 0. The predicted octanol–water partition coefficient (Wildman–Crippen LogP) is 0.418. The number of hydrogen-bond donors (Lipinski definition) is 3. The zero-order valence-electron chi connectivity index (χ0n) is 9.13. The third-order valence-electron chi connectivity index (χ3n) is 1.87. The fourth-order valence-corrected chi connectivity index (χ4v) is 0.666. The van der Waals surface area contributed by atoms with Crippen LogP contribution < -0.4 is 10.6 Å². The highest BCUT2D eigenvalue weighted by molar-refractivity contribution is 5.77. The van der Waals surface area contributed by atoms with Crippen LogP contribution in [-0.2, 0) is 4.79 Å². The Morgan fingerprint density at radius 2 is 2.07 bits per heavy atom. The molecule has 0 aliphatic rings. The summed E-state index contributed by atoms with van der Waals surface area (Å²) in [5, 5.41) is 13.7. The summed E-state index contributed by atoms with van der Waals surface area (Å²) in [5.41, 5.74) is -0.989. The minimum Gasteiger partial charge on any atom is -0.481 e. The Morgan fingerprint density at radius 1 is 1.53 bits per heavy atom. The van der Waals surface area contributed by atoms with Crippen molar-refractivity contribution in [3.63, 3.8) is 0 Å². The van der Waals surface area contributed by atoms with Crippen LogP contribution in [0.5, 0.6) is 0 Å². The van der Waals surface area contributed by atoms with Crippen LogP contribution in [0.3, 0.4) is 0 Å². The van der Waals surface area contributed by atoms with Gasteiger partial charge in [-0.05, 0) is 20.8 Å². The van der Waals surface area contributed by atoms with Gasteiger partial charge in [0.15, 0.2) is 0 Å². The Kier molecular flexibility index (Phi) is 4.65. The molecular formula is C10H16N2O3. The summed E-state index contributed by atoms with van der Waals surface area (Å²) in [6.07, 6.45) is 5.06. The molecule has 0 heterocycles. The Labute approximate surface area is 89.2 Å². The van der Waals surface area contributed by atoms with E-state index in [4.69, 9.17) is 11.5 Å². The molecule has 1 atom stereocenters. The number of carboxylic acid groups (broad SMARTS) is 1. The molecule has 0 rings (SSSR count). The van der Waals surface area contributed by atoms with Gasteiger partial charge in [0.25, 0.3) is 0 Å². The van der Waals surface area contributed by atoms with Gasteiger partial charge in [0.05, 0.1) is 11.5 Å². The van der Waals surface area contributed by atoms with E-state index in [-0.39, 0.29) is 12.6 Å². The average Bonchev–Trinajstić information content (AvgIpc) is 2.14. The Balaban J connectivity index is 4.02. The second-order valence-electron chi connectivity index (χ2n) is 3.90. The fraction of sp³-hybridized carbons (Fsp3) is 0.600. The minimum atomic E-state index is -0.989. The maximum absolute atomic E-state index is 11.2. The maximum Gasteiger partial charge on any atom is 0.315 e. The summed E-state index contributed by atoms with van der Waals surface area (Å²) < 4.78 is 0. The lowest BCUT2D eigenvalue weighted by Gasteiger charge is -2.20. The molecule has 0 fully saturated rings. The number of terminal acetylenes is 1. The quantitative estimate of drug-likeness (QED) is 0.591.